The summed E-state index contributed by atoms with van der Waals surface area (Å²) in [5.41, 5.74) is 3.33. The third-order valence-electron chi connectivity index (χ3n) is 3.89. The molecular weight excluding hydrogens is 298 g/mol. The zero-order chi connectivity index (χ0) is 16.4. The summed E-state index contributed by atoms with van der Waals surface area (Å²) >= 11 is 0. The van der Waals surface area contributed by atoms with Crippen molar-refractivity contribution in [2.24, 2.45) is 0 Å². The smallest absolute Gasteiger partial charge is 0.259 e. The minimum atomic E-state index is -0.147. The highest BCUT2D eigenvalue weighted by Crippen LogP contribution is 2.16. The molecule has 0 saturated carbocycles. The lowest BCUT2D eigenvalue weighted by Gasteiger charge is -2.05. The highest BCUT2D eigenvalue weighted by molar-refractivity contribution is 5.78. The average molecular weight is 313 g/mol. The molecule has 0 fully saturated rings. The van der Waals surface area contributed by atoms with E-state index in [-0.39, 0.29) is 5.56 Å². The standard InChI is InChI=1S/C20H15N3O/c24-20-16-10-4-5-11-17(16)22-19(23-20)18-12-6-9-15(21-18)13-14-7-2-1-3-8-14/h1-12H,13H2,(H,22,23,24). The third kappa shape index (κ3) is 2.82. The van der Waals surface area contributed by atoms with Crippen molar-refractivity contribution in [2.45, 2.75) is 6.42 Å². The molecular formula is C20H15N3O. The van der Waals surface area contributed by atoms with E-state index in [0.717, 1.165) is 12.1 Å². The van der Waals surface area contributed by atoms with Crippen LogP contribution in [0.1, 0.15) is 11.3 Å². The number of hydrogen-bond acceptors (Lipinski definition) is 3. The van der Waals surface area contributed by atoms with Crippen LogP contribution >= 0.6 is 0 Å². The van der Waals surface area contributed by atoms with E-state index >= 15 is 0 Å². The van der Waals surface area contributed by atoms with E-state index in [1.807, 2.05) is 54.6 Å². The van der Waals surface area contributed by atoms with Crippen LogP contribution in [0.5, 0.6) is 0 Å². The Kier molecular flexibility index (Phi) is 3.63. The first-order valence-corrected chi connectivity index (χ1v) is 7.79. The molecule has 4 nitrogen and oxygen atoms in total. The van der Waals surface area contributed by atoms with E-state index in [0.29, 0.717) is 22.4 Å². The van der Waals surface area contributed by atoms with Gasteiger partial charge in [0.15, 0.2) is 5.82 Å². The molecule has 0 atom stereocenters. The van der Waals surface area contributed by atoms with E-state index < -0.39 is 0 Å². The first-order valence-electron chi connectivity index (χ1n) is 7.79. The Morgan fingerprint density at radius 2 is 1.58 bits per heavy atom. The number of para-hydroxylation sites is 1. The molecule has 0 unspecified atom stereocenters. The fourth-order valence-corrected chi connectivity index (χ4v) is 2.72. The van der Waals surface area contributed by atoms with Gasteiger partial charge in [-0.15, -0.1) is 0 Å². The normalized spacial score (nSPS) is 10.8. The van der Waals surface area contributed by atoms with Gasteiger partial charge in [-0.1, -0.05) is 48.5 Å². The van der Waals surface area contributed by atoms with Crippen molar-refractivity contribution in [1.29, 1.82) is 0 Å². The summed E-state index contributed by atoms with van der Waals surface area (Å²) in [4.78, 5) is 24.2. The zero-order valence-corrected chi connectivity index (χ0v) is 12.9. The predicted molar refractivity (Wildman–Crippen MR) is 94.8 cm³/mol. The van der Waals surface area contributed by atoms with Crippen LogP contribution in [0.2, 0.25) is 0 Å². The van der Waals surface area contributed by atoms with Gasteiger partial charge >= 0.3 is 0 Å². The molecule has 4 heteroatoms. The Morgan fingerprint density at radius 3 is 2.46 bits per heavy atom. The summed E-state index contributed by atoms with van der Waals surface area (Å²) in [6, 6.07) is 23.3. The summed E-state index contributed by atoms with van der Waals surface area (Å²) in [6.45, 7) is 0. The largest absolute Gasteiger partial charge is 0.305 e. The molecule has 24 heavy (non-hydrogen) atoms. The van der Waals surface area contributed by atoms with Gasteiger partial charge in [0.05, 0.1) is 10.9 Å². The van der Waals surface area contributed by atoms with Gasteiger partial charge in [0.25, 0.3) is 5.56 Å². The highest BCUT2D eigenvalue weighted by atomic mass is 16.1. The Labute approximate surface area is 138 Å². The summed E-state index contributed by atoms with van der Waals surface area (Å²) in [6.07, 6.45) is 0.743. The van der Waals surface area contributed by atoms with Crippen LogP contribution < -0.4 is 5.56 Å². The Morgan fingerprint density at radius 1 is 0.792 bits per heavy atom. The van der Waals surface area contributed by atoms with Crippen molar-refractivity contribution in [3.05, 3.63) is 94.4 Å². The van der Waals surface area contributed by atoms with Gasteiger partial charge < -0.3 is 4.98 Å². The van der Waals surface area contributed by atoms with Crippen molar-refractivity contribution in [1.82, 2.24) is 15.0 Å². The molecule has 2 aromatic heterocycles. The van der Waals surface area contributed by atoms with Crippen molar-refractivity contribution in [3.8, 4) is 11.5 Å². The maximum absolute atomic E-state index is 12.2. The molecule has 0 bridgehead atoms. The first-order chi connectivity index (χ1) is 11.8. The lowest BCUT2D eigenvalue weighted by Crippen LogP contribution is -2.10. The molecule has 0 aliphatic heterocycles. The van der Waals surface area contributed by atoms with Gasteiger partial charge in [0.2, 0.25) is 0 Å². The molecule has 0 saturated heterocycles. The van der Waals surface area contributed by atoms with Gasteiger partial charge in [-0.3, -0.25) is 4.79 Å². The van der Waals surface area contributed by atoms with Crippen molar-refractivity contribution in [2.75, 3.05) is 0 Å². The highest BCUT2D eigenvalue weighted by Gasteiger charge is 2.07. The number of aromatic nitrogens is 3. The van der Waals surface area contributed by atoms with Crippen molar-refractivity contribution >= 4 is 10.9 Å². The average Bonchev–Trinajstić information content (AvgIpc) is 2.63. The molecule has 0 aliphatic rings. The fraction of sp³-hybridized carbons (Fsp3) is 0.0500. The molecule has 4 rings (SSSR count). The van der Waals surface area contributed by atoms with Crippen LogP contribution in [0, 0.1) is 0 Å². The number of nitrogens with zero attached hydrogens (tertiary/aromatic N) is 2. The van der Waals surface area contributed by atoms with Crippen LogP contribution in [0.25, 0.3) is 22.4 Å². The second kappa shape index (κ2) is 6.08. The summed E-state index contributed by atoms with van der Waals surface area (Å²) in [7, 11) is 0. The Hall–Kier alpha value is -3.27. The fourth-order valence-electron chi connectivity index (χ4n) is 2.72. The van der Waals surface area contributed by atoms with Gasteiger partial charge in [-0.2, -0.15) is 0 Å². The van der Waals surface area contributed by atoms with Gasteiger partial charge in [0, 0.05) is 12.1 Å². The van der Waals surface area contributed by atoms with Gasteiger partial charge in [-0.05, 0) is 29.8 Å². The van der Waals surface area contributed by atoms with Crippen molar-refractivity contribution in [3.63, 3.8) is 0 Å². The molecule has 0 spiro atoms. The minimum absolute atomic E-state index is 0.147. The van der Waals surface area contributed by atoms with Crippen LogP contribution in [0.15, 0.2) is 77.6 Å². The molecule has 0 radical (unpaired) electrons. The minimum Gasteiger partial charge on any atom is -0.305 e. The van der Waals surface area contributed by atoms with Crippen LogP contribution in [0.4, 0.5) is 0 Å². The second-order valence-corrected chi connectivity index (χ2v) is 5.61. The molecule has 2 heterocycles. The zero-order valence-electron chi connectivity index (χ0n) is 12.9. The number of H-pyrrole nitrogens is 1. The Balaban J connectivity index is 1.75. The topological polar surface area (TPSA) is 58.6 Å². The monoisotopic (exact) mass is 313 g/mol. The van der Waals surface area contributed by atoms with Gasteiger partial charge in [-0.25, -0.2) is 9.97 Å². The van der Waals surface area contributed by atoms with E-state index in [2.05, 4.69) is 27.1 Å². The number of fused-ring (bicyclic) bond motifs is 1. The maximum atomic E-state index is 12.2. The van der Waals surface area contributed by atoms with E-state index in [1.54, 1.807) is 6.07 Å². The number of nitrogens with one attached hydrogen (secondary N) is 1. The van der Waals surface area contributed by atoms with Crippen LogP contribution in [-0.2, 0) is 6.42 Å². The lowest BCUT2D eigenvalue weighted by atomic mass is 10.1. The second-order valence-electron chi connectivity index (χ2n) is 5.61. The number of rotatable bonds is 3. The third-order valence-corrected chi connectivity index (χ3v) is 3.89. The maximum Gasteiger partial charge on any atom is 0.259 e. The van der Waals surface area contributed by atoms with E-state index in [4.69, 9.17) is 0 Å². The first kappa shape index (κ1) is 14.3. The van der Waals surface area contributed by atoms with E-state index in [9.17, 15) is 4.79 Å². The van der Waals surface area contributed by atoms with Gasteiger partial charge in [0.1, 0.15) is 5.69 Å². The summed E-state index contributed by atoms with van der Waals surface area (Å²) in [5.74, 6) is 0.494. The number of pyridine rings is 1. The molecule has 4 aromatic rings. The lowest BCUT2D eigenvalue weighted by molar-refractivity contribution is 1.05. The van der Waals surface area contributed by atoms with E-state index in [1.165, 1.54) is 5.56 Å². The number of aromatic amines is 1. The quantitative estimate of drug-likeness (QED) is 0.629. The molecule has 116 valence electrons. The predicted octanol–water partition coefficient (Wildman–Crippen LogP) is 3.58. The molecule has 2 aromatic carbocycles. The summed E-state index contributed by atoms with van der Waals surface area (Å²) in [5, 5.41) is 0.585. The molecule has 0 amide bonds. The van der Waals surface area contributed by atoms with Crippen LogP contribution in [0.3, 0.4) is 0 Å². The Bertz CT molecular complexity index is 1050. The number of benzene rings is 2. The molecule has 1 N–H and O–H groups in total. The SMILES string of the molecule is O=c1[nH]c(-c2cccc(Cc3ccccc3)n2)nc2ccccc12. The van der Waals surface area contributed by atoms with Crippen molar-refractivity contribution < 1.29 is 0 Å². The van der Waals surface area contributed by atoms with Crippen LogP contribution in [-0.4, -0.2) is 15.0 Å². The number of hydrogen-bond donors (Lipinski definition) is 1. The molecule has 0 aliphatic carbocycles. The summed E-state index contributed by atoms with van der Waals surface area (Å²) < 4.78 is 0.